The fourth-order valence-electron chi connectivity index (χ4n) is 5.00. The molecule has 0 saturated heterocycles. The lowest BCUT2D eigenvalue weighted by atomic mass is 9.71. The minimum Gasteiger partial charge on any atom is -0.504 e. The highest BCUT2D eigenvalue weighted by Crippen LogP contribution is 2.46. The molecule has 0 spiro atoms. The Morgan fingerprint density at radius 3 is 2.61 bits per heavy atom. The van der Waals surface area contributed by atoms with Gasteiger partial charge >= 0.3 is 5.97 Å². The molecule has 190 valence electrons. The smallest absolute Gasteiger partial charge is 0.336 e. The molecule has 0 amide bonds. The van der Waals surface area contributed by atoms with Gasteiger partial charge in [-0.1, -0.05) is 43.3 Å². The van der Waals surface area contributed by atoms with E-state index < -0.39 is 11.9 Å². The van der Waals surface area contributed by atoms with E-state index in [1.807, 2.05) is 32.0 Å². The fraction of sp³-hybridized carbons (Fsp3) is 0.379. The minimum atomic E-state index is -0.600. The molecular weight excluding hydrogens is 474 g/mol. The summed E-state index contributed by atoms with van der Waals surface area (Å²) in [6, 6.07) is 15.1. The zero-order valence-corrected chi connectivity index (χ0v) is 21.8. The number of ether oxygens (including phenoxy) is 2. The highest BCUT2D eigenvalue weighted by Gasteiger charge is 2.41. The van der Waals surface area contributed by atoms with Crippen LogP contribution >= 0.6 is 11.8 Å². The van der Waals surface area contributed by atoms with Crippen LogP contribution in [-0.2, 0) is 14.3 Å². The summed E-state index contributed by atoms with van der Waals surface area (Å²) in [5.74, 6) is 1.05. The van der Waals surface area contributed by atoms with Crippen LogP contribution in [0, 0.1) is 0 Å². The molecule has 7 heteroatoms. The lowest BCUT2D eigenvalue weighted by Crippen LogP contribution is -2.36. The summed E-state index contributed by atoms with van der Waals surface area (Å²) >= 11 is 1.70. The molecular formula is C29H33NO5S. The van der Waals surface area contributed by atoms with Crippen molar-refractivity contribution in [3.8, 4) is 11.5 Å². The number of allylic oxidation sites excluding steroid dienone is 3. The van der Waals surface area contributed by atoms with Gasteiger partial charge in [-0.2, -0.15) is 11.8 Å². The van der Waals surface area contributed by atoms with Crippen LogP contribution in [0.25, 0.3) is 0 Å². The molecule has 1 aliphatic heterocycles. The number of benzene rings is 2. The van der Waals surface area contributed by atoms with Crippen LogP contribution in [0.5, 0.6) is 11.5 Å². The molecule has 2 aliphatic rings. The van der Waals surface area contributed by atoms with Crippen LogP contribution < -0.4 is 10.1 Å². The summed E-state index contributed by atoms with van der Waals surface area (Å²) in [4.78, 5) is 27.0. The summed E-state index contributed by atoms with van der Waals surface area (Å²) in [6.07, 6.45) is 1.04. The van der Waals surface area contributed by atoms with E-state index in [0.29, 0.717) is 60.0 Å². The maximum atomic E-state index is 13.7. The van der Waals surface area contributed by atoms with E-state index in [0.717, 1.165) is 17.0 Å². The van der Waals surface area contributed by atoms with Crippen LogP contribution in [0.15, 0.2) is 71.1 Å². The fourth-order valence-corrected chi connectivity index (χ4v) is 5.49. The van der Waals surface area contributed by atoms with Gasteiger partial charge in [0, 0.05) is 35.1 Å². The standard InChI is InChI=1S/C29H33NO5S/c1-4-34-25-17-20(11-12-23(25)31)27-26(29(33)35-13-14-36-5-2)18(3)30-22-15-21(16-24(32)28(22)27)19-9-7-6-8-10-19/h6-12,17,21,27,30-31H,4-5,13-16H2,1-3H3/t21-,27+/m0/s1. The summed E-state index contributed by atoms with van der Waals surface area (Å²) in [5.41, 5.74) is 4.38. The number of carbonyl (C=O) groups is 2. The Labute approximate surface area is 216 Å². The number of aromatic hydroxyl groups is 1. The Bertz CT molecular complexity index is 1190. The summed E-state index contributed by atoms with van der Waals surface area (Å²) in [6.45, 7) is 6.44. The van der Waals surface area contributed by atoms with E-state index in [1.54, 1.807) is 30.0 Å². The quantitative estimate of drug-likeness (QED) is 0.345. The summed E-state index contributed by atoms with van der Waals surface area (Å²) in [5, 5.41) is 13.7. The van der Waals surface area contributed by atoms with Crippen molar-refractivity contribution >= 4 is 23.5 Å². The van der Waals surface area contributed by atoms with E-state index in [1.165, 1.54) is 0 Å². The van der Waals surface area contributed by atoms with Crippen molar-refractivity contribution < 1.29 is 24.2 Å². The lowest BCUT2D eigenvalue weighted by molar-refractivity contribution is -0.138. The first-order valence-corrected chi connectivity index (χ1v) is 13.6. The molecule has 0 fully saturated rings. The Hall–Kier alpha value is -3.19. The zero-order valence-electron chi connectivity index (χ0n) is 21.0. The molecule has 1 heterocycles. The second-order valence-electron chi connectivity index (χ2n) is 8.92. The van der Waals surface area contributed by atoms with Crippen molar-refractivity contribution in [3.63, 3.8) is 0 Å². The molecule has 36 heavy (non-hydrogen) atoms. The highest BCUT2D eigenvalue weighted by atomic mass is 32.2. The molecule has 2 aromatic carbocycles. The van der Waals surface area contributed by atoms with Gasteiger partial charge in [-0.15, -0.1) is 0 Å². The minimum absolute atomic E-state index is 0.00739. The number of Topliss-reactive ketones (excluding diaryl/α,β-unsaturated/α-hetero) is 1. The second kappa shape index (κ2) is 11.7. The molecule has 6 nitrogen and oxygen atoms in total. The predicted octanol–water partition coefficient (Wildman–Crippen LogP) is 5.45. The van der Waals surface area contributed by atoms with Gasteiger partial charge in [-0.25, -0.2) is 4.79 Å². The van der Waals surface area contributed by atoms with Crippen LogP contribution in [0.4, 0.5) is 0 Å². The van der Waals surface area contributed by atoms with Gasteiger partial charge in [0.05, 0.1) is 12.2 Å². The topological polar surface area (TPSA) is 84.9 Å². The maximum Gasteiger partial charge on any atom is 0.336 e. The van der Waals surface area contributed by atoms with Crippen LogP contribution in [0.1, 0.15) is 56.6 Å². The van der Waals surface area contributed by atoms with Crippen molar-refractivity contribution in [1.29, 1.82) is 0 Å². The van der Waals surface area contributed by atoms with E-state index in [-0.39, 0.29) is 17.5 Å². The number of esters is 1. The number of phenols is 1. The van der Waals surface area contributed by atoms with E-state index in [2.05, 4.69) is 24.4 Å². The Kier molecular flexibility index (Phi) is 8.41. The van der Waals surface area contributed by atoms with Gasteiger partial charge in [0.25, 0.3) is 0 Å². The monoisotopic (exact) mass is 507 g/mol. The second-order valence-corrected chi connectivity index (χ2v) is 10.3. The average molecular weight is 508 g/mol. The normalized spacial score (nSPS) is 19.6. The summed E-state index contributed by atoms with van der Waals surface area (Å²) in [7, 11) is 0. The Balaban J connectivity index is 1.75. The van der Waals surface area contributed by atoms with Crippen molar-refractivity contribution in [2.24, 2.45) is 0 Å². The third-order valence-electron chi connectivity index (χ3n) is 6.60. The van der Waals surface area contributed by atoms with Crippen LogP contribution in [0.3, 0.4) is 0 Å². The van der Waals surface area contributed by atoms with E-state index in [4.69, 9.17) is 9.47 Å². The van der Waals surface area contributed by atoms with Gasteiger partial charge in [-0.05, 0) is 55.2 Å². The highest BCUT2D eigenvalue weighted by molar-refractivity contribution is 7.99. The lowest BCUT2D eigenvalue weighted by Gasteiger charge is -2.36. The Morgan fingerprint density at radius 2 is 1.89 bits per heavy atom. The Morgan fingerprint density at radius 1 is 1.11 bits per heavy atom. The van der Waals surface area contributed by atoms with Gasteiger partial charge in [0.2, 0.25) is 0 Å². The number of carbonyl (C=O) groups excluding carboxylic acids is 2. The number of nitrogens with one attached hydrogen (secondary N) is 1. The average Bonchev–Trinajstić information content (AvgIpc) is 2.87. The van der Waals surface area contributed by atoms with E-state index >= 15 is 0 Å². The predicted molar refractivity (Wildman–Crippen MR) is 142 cm³/mol. The third-order valence-corrected chi connectivity index (χ3v) is 7.46. The maximum absolute atomic E-state index is 13.7. The van der Waals surface area contributed by atoms with Crippen molar-refractivity contribution in [2.75, 3.05) is 24.7 Å². The number of hydrogen-bond donors (Lipinski definition) is 2. The molecule has 2 N–H and O–H groups in total. The van der Waals surface area contributed by atoms with Crippen molar-refractivity contribution in [3.05, 3.63) is 82.2 Å². The first-order valence-electron chi connectivity index (χ1n) is 12.4. The molecule has 4 rings (SSSR count). The largest absolute Gasteiger partial charge is 0.504 e. The molecule has 0 saturated carbocycles. The SMILES string of the molecule is CCOc1cc([C@@H]2C(C(=O)OCCSCC)=C(C)NC3=C2C(=O)C[C@@H](c2ccccc2)C3)ccc1O. The first-order chi connectivity index (χ1) is 17.4. The van der Waals surface area contributed by atoms with Gasteiger partial charge in [-0.3, -0.25) is 4.79 Å². The molecule has 1 aliphatic carbocycles. The van der Waals surface area contributed by atoms with Crippen LogP contribution in [0.2, 0.25) is 0 Å². The molecule has 0 bridgehead atoms. The number of hydrogen-bond acceptors (Lipinski definition) is 7. The third kappa shape index (κ3) is 5.46. The van der Waals surface area contributed by atoms with Crippen molar-refractivity contribution in [1.82, 2.24) is 5.32 Å². The van der Waals surface area contributed by atoms with Crippen molar-refractivity contribution in [2.45, 2.75) is 45.4 Å². The number of rotatable bonds is 9. The molecule has 0 unspecified atom stereocenters. The summed E-state index contributed by atoms with van der Waals surface area (Å²) < 4.78 is 11.3. The van der Waals surface area contributed by atoms with E-state index in [9.17, 15) is 14.7 Å². The first kappa shape index (κ1) is 25.9. The number of phenolic OH excluding ortho intramolecular Hbond substituents is 1. The van der Waals surface area contributed by atoms with Gasteiger partial charge in [0.1, 0.15) is 6.61 Å². The molecule has 2 aromatic rings. The molecule has 0 radical (unpaired) electrons. The number of dihydropyridines is 1. The number of thioether (sulfide) groups is 1. The molecule has 0 aromatic heterocycles. The molecule has 2 atom stereocenters. The van der Waals surface area contributed by atoms with Gasteiger partial charge in [0.15, 0.2) is 17.3 Å². The number of ketones is 1. The van der Waals surface area contributed by atoms with Gasteiger partial charge < -0.3 is 19.9 Å². The van der Waals surface area contributed by atoms with Crippen LogP contribution in [-0.4, -0.2) is 41.6 Å². The zero-order chi connectivity index (χ0) is 25.7.